The predicted octanol–water partition coefficient (Wildman–Crippen LogP) is 2.01. The van der Waals surface area contributed by atoms with Gasteiger partial charge >= 0.3 is 5.97 Å². The molecule has 2 aromatic carbocycles. The van der Waals surface area contributed by atoms with E-state index in [1.165, 1.54) is 18.2 Å². The van der Waals surface area contributed by atoms with Gasteiger partial charge < -0.3 is 10.1 Å². The molecule has 8 heteroatoms. The molecule has 0 saturated heterocycles. The highest BCUT2D eigenvalue weighted by Gasteiger charge is 2.20. The van der Waals surface area contributed by atoms with Crippen molar-refractivity contribution in [1.82, 2.24) is 5.32 Å². The Labute approximate surface area is 164 Å². The zero-order valence-corrected chi connectivity index (χ0v) is 16.3. The Bertz CT molecular complexity index is 1040. The van der Waals surface area contributed by atoms with Gasteiger partial charge in [-0.15, -0.1) is 6.42 Å². The zero-order valence-electron chi connectivity index (χ0n) is 15.5. The Kier molecular flexibility index (Phi) is 6.79. The largest absolute Gasteiger partial charge is 0.452 e. The van der Waals surface area contributed by atoms with Gasteiger partial charge in [-0.1, -0.05) is 24.1 Å². The van der Waals surface area contributed by atoms with Crippen molar-refractivity contribution in [3.8, 4) is 12.3 Å². The maximum absolute atomic E-state index is 12.7. The second-order valence-corrected chi connectivity index (χ2v) is 7.66. The number of anilines is 1. The highest BCUT2D eigenvalue weighted by molar-refractivity contribution is 7.92. The summed E-state index contributed by atoms with van der Waals surface area (Å²) in [5, 5.41) is 2.36. The van der Waals surface area contributed by atoms with Crippen LogP contribution in [-0.2, 0) is 19.6 Å². The number of benzene rings is 2. The first-order valence-electron chi connectivity index (χ1n) is 8.30. The summed E-state index contributed by atoms with van der Waals surface area (Å²) in [7, 11) is -3.92. The van der Waals surface area contributed by atoms with Crippen molar-refractivity contribution in [2.75, 3.05) is 17.9 Å². The summed E-state index contributed by atoms with van der Waals surface area (Å²) in [6.07, 6.45) is 5.02. The Morgan fingerprint density at radius 3 is 2.57 bits per heavy atom. The molecule has 1 amide bonds. The molecule has 0 bridgehead atoms. The lowest BCUT2D eigenvalue weighted by atomic mass is 10.1. The number of carbonyl (C=O) groups is 2. The molecule has 0 aliphatic heterocycles. The molecule has 2 N–H and O–H groups in total. The van der Waals surface area contributed by atoms with Gasteiger partial charge in [0.25, 0.3) is 15.9 Å². The fourth-order valence-electron chi connectivity index (χ4n) is 2.35. The molecule has 2 rings (SSSR count). The van der Waals surface area contributed by atoms with Crippen LogP contribution in [0.3, 0.4) is 0 Å². The third kappa shape index (κ3) is 5.59. The van der Waals surface area contributed by atoms with Gasteiger partial charge in [-0.25, -0.2) is 13.2 Å². The van der Waals surface area contributed by atoms with E-state index in [0.717, 1.165) is 5.56 Å². The van der Waals surface area contributed by atoms with Crippen LogP contribution in [0.2, 0.25) is 0 Å². The highest BCUT2D eigenvalue weighted by Crippen LogP contribution is 2.21. The van der Waals surface area contributed by atoms with Crippen LogP contribution in [0.25, 0.3) is 0 Å². The number of rotatable bonds is 7. The summed E-state index contributed by atoms with van der Waals surface area (Å²) < 4.78 is 32.9. The van der Waals surface area contributed by atoms with E-state index in [2.05, 4.69) is 16.0 Å². The first-order valence-corrected chi connectivity index (χ1v) is 9.78. The summed E-state index contributed by atoms with van der Waals surface area (Å²) in [5.74, 6) is 0.860. The number of terminal acetylenes is 1. The maximum Gasteiger partial charge on any atom is 0.338 e. The molecular weight excluding hydrogens is 380 g/mol. The van der Waals surface area contributed by atoms with Crippen molar-refractivity contribution >= 4 is 27.6 Å². The number of esters is 1. The molecule has 0 saturated carbocycles. The number of hydrogen-bond donors (Lipinski definition) is 2. The molecule has 0 radical (unpaired) electrons. The summed E-state index contributed by atoms with van der Waals surface area (Å²) in [4.78, 5) is 23.6. The minimum absolute atomic E-state index is 0.0139. The summed E-state index contributed by atoms with van der Waals surface area (Å²) in [5.41, 5.74) is 1.79. The molecule has 0 heterocycles. The average Bonchev–Trinajstić information content (AvgIpc) is 2.64. The van der Waals surface area contributed by atoms with E-state index in [1.807, 2.05) is 13.0 Å². The quantitative estimate of drug-likeness (QED) is 0.547. The fraction of sp³-hybridized carbons (Fsp3) is 0.200. The van der Waals surface area contributed by atoms with Crippen molar-refractivity contribution in [2.45, 2.75) is 18.7 Å². The minimum Gasteiger partial charge on any atom is -0.452 e. The van der Waals surface area contributed by atoms with Crippen LogP contribution in [0.5, 0.6) is 0 Å². The monoisotopic (exact) mass is 400 g/mol. The third-order valence-corrected chi connectivity index (χ3v) is 5.23. The van der Waals surface area contributed by atoms with Gasteiger partial charge in [0.2, 0.25) is 0 Å². The van der Waals surface area contributed by atoms with Crippen molar-refractivity contribution < 1.29 is 22.7 Å². The van der Waals surface area contributed by atoms with Gasteiger partial charge in [-0.3, -0.25) is 9.52 Å². The lowest BCUT2D eigenvalue weighted by Crippen LogP contribution is -2.29. The summed E-state index contributed by atoms with van der Waals surface area (Å²) >= 11 is 0. The number of amides is 1. The molecule has 0 fully saturated rings. The first-order chi connectivity index (χ1) is 13.2. The van der Waals surface area contributed by atoms with Crippen molar-refractivity contribution in [3.05, 3.63) is 59.2 Å². The Morgan fingerprint density at radius 2 is 1.89 bits per heavy atom. The van der Waals surface area contributed by atoms with Gasteiger partial charge in [0, 0.05) is 5.69 Å². The van der Waals surface area contributed by atoms with Crippen LogP contribution >= 0.6 is 0 Å². The molecule has 7 nitrogen and oxygen atoms in total. The molecule has 0 spiro atoms. The number of ether oxygens (including phenoxy) is 1. The molecule has 2 aromatic rings. The normalized spacial score (nSPS) is 10.6. The number of sulfonamides is 1. The first kappa shape index (κ1) is 21.0. The minimum atomic E-state index is -3.92. The van der Waals surface area contributed by atoms with Crippen LogP contribution in [0, 0.1) is 26.2 Å². The number of nitrogens with one attached hydrogen (secondary N) is 2. The lowest BCUT2D eigenvalue weighted by molar-refractivity contribution is -0.123. The Hall–Kier alpha value is -3.31. The molecule has 28 heavy (non-hydrogen) atoms. The Balaban J connectivity index is 2.19. The van der Waals surface area contributed by atoms with Gasteiger partial charge in [-0.05, 0) is 49.2 Å². The number of hydrogen-bond acceptors (Lipinski definition) is 5. The lowest BCUT2D eigenvalue weighted by Gasteiger charge is -2.12. The average molecular weight is 400 g/mol. The molecule has 146 valence electrons. The summed E-state index contributed by atoms with van der Waals surface area (Å²) in [6.45, 7) is 2.97. The van der Waals surface area contributed by atoms with E-state index >= 15 is 0 Å². The van der Waals surface area contributed by atoms with Crippen molar-refractivity contribution in [1.29, 1.82) is 0 Å². The maximum atomic E-state index is 12.7. The fourth-order valence-corrected chi connectivity index (χ4v) is 3.67. The van der Waals surface area contributed by atoms with Crippen LogP contribution in [0.1, 0.15) is 21.5 Å². The molecule has 0 aliphatic carbocycles. The van der Waals surface area contributed by atoms with Crippen molar-refractivity contribution in [2.24, 2.45) is 0 Å². The molecule has 0 unspecified atom stereocenters. The van der Waals surface area contributed by atoms with E-state index in [-0.39, 0.29) is 17.0 Å². The van der Waals surface area contributed by atoms with Gasteiger partial charge in [0.1, 0.15) is 0 Å². The van der Waals surface area contributed by atoms with Crippen LogP contribution in [-0.4, -0.2) is 33.4 Å². The molecule has 0 aliphatic rings. The Morgan fingerprint density at radius 1 is 1.14 bits per heavy atom. The van der Waals surface area contributed by atoms with E-state index in [0.29, 0.717) is 11.3 Å². The molecule has 0 aromatic heterocycles. The molecule has 0 atom stereocenters. The third-order valence-electron chi connectivity index (χ3n) is 3.71. The number of carbonyl (C=O) groups excluding carboxylic acids is 2. The van der Waals surface area contributed by atoms with Crippen LogP contribution in [0.15, 0.2) is 47.4 Å². The van der Waals surface area contributed by atoms with Gasteiger partial charge in [0.05, 0.1) is 17.0 Å². The van der Waals surface area contributed by atoms with E-state index in [9.17, 15) is 18.0 Å². The summed E-state index contributed by atoms with van der Waals surface area (Å²) in [6, 6.07) is 11.1. The van der Waals surface area contributed by atoms with E-state index < -0.39 is 28.5 Å². The second kappa shape index (κ2) is 9.06. The van der Waals surface area contributed by atoms with Crippen LogP contribution < -0.4 is 10.0 Å². The molecular formula is C20H20N2O5S. The van der Waals surface area contributed by atoms with E-state index in [1.54, 1.807) is 25.1 Å². The zero-order chi connectivity index (χ0) is 20.7. The van der Waals surface area contributed by atoms with Gasteiger partial charge in [0.15, 0.2) is 6.61 Å². The highest BCUT2D eigenvalue weighted by atomic mass is 32.2. The topological polar surface area (TPSA) is 102 Å². The number of aryl methyl sites for hydroxylation is 2. The second-order valence-electron chi connectivity index (χ2n) is 6.01. The van der Waals surface area contributed by atoms with Crippen molar-refractivity contribution in [3.63, 3.8) is 0 Å². The predicted molar refractivity (Wildman–Crippen MR) is 105 cm³/mol. The van der Waals surface area contributed by atoms with Gasteiger partial charge in [-0.2, -0.15) is 0 Å². The van der Waals surface area contributed by atoms with E-state index in [4.69, 9.17) is 11.2 Å². The standard InChI is InChI=1S/C20H20N2O5S/c1-4-10-21-19(23)13-27-20(24)16-9-8-15(3)18(12-16)28(25,26)22-17-7-5-6-14(2)11-17/h1,5-9,11-12,22H,10,13H2,2-3H3,(H,21,23). The smallest absolute Gasteiger partial charge is 0.338 e. The van der Waals surface area contributed by atoms with Crippen LogP contribution in [0.4, 0.5) is 5.69 Å². The SMILES string of the molecule is C#CCNC(=O)COC(=O)c1ccc(C)c(S(=O)(=O)Nc2cccc(C)c2)c1.